The van der Waals surface area contributed by atoms with Crippen molar-refractivity contribution in [2.75, 3.05) is 13.2 Å². The van der Waals surface area contributed by atoms with Crippen molar-refractivity contribution < 1.29 is 14.6 Å². The van der Waals surface area contributed by atoms with Gasteiger partial charge in [-0.1, -0.05) is 30.3 Å². The summed E-state index contributed by atoms with van der Waals surface area (Å²) in [6, 6.07) is 13.2. The van der Waals surface area contributed by atoms with Gasteiger partial charge in [0, 0.05) is 25.6 Å². The lowest BCUT2D eigenvalue weighted by molar-refractivity contribution is -0.134. The zero-order valence-electron chi connectivity index (χ0n) is 13.5. The first kappa shape index (κ1) is 16.6. The maximum atomic E-state index is 12.6. The SMILES string of the molecule is O=C(NC(c1ccccc1)c1ccncc1)C(O)C1CCOCC1. The maximum absolute atomic E-state index is 12.6. The summed E-state index contributed by atoms with van der Waals surface area (Å²) in [5.74, 6) is -0.389. The molecule has 1 aliphatic rings. The number of aromatic nitrogens is 1. The summed E-state index contributed by atoms with van der Waals surface area (Å²) in [5.41, 5.74) is 1.90. The van der Waals surface area contributed by atoms with E-state index in [1.54, 1.807) is 12.4 Å². The smallest absolute Gasteiger partial charge is 0.249 e. The van der Waals surface area contributed by atoms with Gasteiger partial charge in [-0.2, -0.15) is 0 Å². The van der Waals surface area contributed by atoms with E-state index in [-0.39, 0.29) is 17.9 Å². The van der Waals surface area contributed by atoms with Crippen LogP contribution in [0.2, 0.25) is 0 Å². The Balaban J connectivity index is 1.77. The molecular formula is C19H22N2O3. The molecule has 0 bridgehead atoms. The second-order valence-corrected chi connectivity index (χ2v) is 6.03. The Labute approximate surface area is 141 Å². The van der Waals surface area contributed by atoms with Crippen molar-refractivity contribution in [1.82, 2.24) is 10.3 Å². The molecule has 126 valence electrons. The normalized spacial score (nSPS) is 17.9. The molecule has 2 unspecified atom stereocenters. The summed E-state index contributed by atoms with van der Waals surface area (Å²) in [6.45, 7) is 1.20. The van der Waals surface area contributed by atoms with Gasteiger partial charge in [-0.25, -0.2) is 0 Å². The lowest BCUT2D eigenvalue weighted by Gasteiger charge is -2.28. The Kier molecular flexibility index (Phi) is 5.56. The van der Waals surface area contributed by atoms with Gasteiger partial charge in [0.15, 0.2) is 0 Å². The number of carbonyl (C=O) groups is 1. The van der Waals surface area contributed by atoms with E-state index >= 15 is 0 Å². The fourth-order valence-corrected chi connectivity index (χ4v) is 3.03. The van der Waals surface area contributed by atoms with E-state index in [0.29, 0.717) is 26.1 Å². The van der Waals surface area contributed by atoms with E-state index in [2.05, 4.69) is 10.3 Å². The Hall–Kier alpha value is -2.24. The number of ether oxygens (including phenoxy) is 1. The second-order valence-electron chi connectivity index (χ2n) is 6.03. The largest absolute Gasteiger partial charge is 0.383 e. The standard InChI is InChI=1S/C19H22N2O3/c22-18(16-8-12-24-13-9-16)19(23)21-17(14-4-2-1-3-5-14)15-6-10-20-11-7-15/h1-7,10-11,16-18,22H,8-9,12-13H2,(H,21,23). The van der Waals surface area contributed by atoms with Gasteiger partial charge in [0.2, 0.25) is 5.91 Å². The Morgan fingerprint density at radius 1 is 1.08 bits per heavy atom. The van der Waals surface area contributed by atoms with E-state index in [1.165, 1.54) is 0 Å². The lowest BCUT2D eigenvalue weighted by Crippen LogP contribution is -2.43. The van der Waals surface area contributed by atoms with E-state index in [1.807, 2.05) is 42.5 Å². The Morgan fingerprint density at radius 2 is 1.71 bits per heavy atom. The van der Waals surface area contributed by atoms with E-state index in [9.17, 15) is 9.90 Å². The summed E-state index contributed by atoms with van der Waals surface area (Å²) in [4.78, 5) is 16.6. The first-order valence-corrected chi connectivity index (χ1v) is 8.27. The van der Waals surface area contributed by atoms with Crippen LogP contribution in [-0.2, 0) is 9.53 Å². The predicted molar refractivity (Wildman–Crippen MR) is 90.2 cm³/mol. The number of amides is 1. The third-order valence-corrected chi connectivity index (χ3v) is 4.44. The average molecular weight is 326 g/mol. The van der Waals surface area contributed by atoms with Crippen molar-refractivity contribution in [2.24, 2.45) is 5.92 Å². The van der Waals surface area contributed by atoms with Crippen LogP contribution in [0.25, 0.3) is 0 Å². The van der Waals surface area contributed by atoms with E-state index < -0.39 is 6.10 Å². The quantitative estimate of drug-likeness (QED) is 0.882. The van der Waals surface area contributed by atoms with E-state index in [0.717, 1.165) is 11.1 Å². The van der Waals surface area contributed by atoms with Crippen LogP contribution in [-0.4, -0.2) is 35.3 Å². The minimum absolute atomic E-state index is 0.0485. The number of aliphatic hydroxyl groups is 1. The molecule has 0 radical (unpaired) electrons. The van der Waals surface area contributed by atoms with Gasteiger partial charge < -0.3 is 15.2 Å². The highest BCUT2D eigenvalue weighted by Crippen LogP contribution is 2.23. The maximum Gasteiger partial charge on any atom is 0.249 e. The molecule has 1 aromatic heterocycles. The molecular weight excluding hydrogens is 304 g/mol. The molecule has 3 rings (SSSR count). The van der Waals surface area contributed by atoms with Crippen molar-refractivity contribution in [2.45, 2.75) is 25.0 Å². The monoisotopic (exact) mass is 326 g/mol. The van der Waals surface area contributed by atoms with Crippen LogP contribution in [0.15, 0.2) is 54.9 Å². The number of pyridine rings is 1. The third kappa shape index (κ3) is 3.99. The lowest BCUT2D eigenvalue weighted by atomic mass is 9.92. The van der Waals surface area contributed by atoms with E-state index in [4.69, 9.17) is 4.74 Å². The van der Waals surface area contributed by atoms with Gasteiger partial charge in [-0.05, 0) is 42.0 Å². The molecule has 2 aromatic rings. The average Bonchev–Trinajstić information content (AvgIpc) is 2.67. The molecule has 0 aliphatic carbocycles. The van der Waals surface area contributed by atoms with Crippen LogP contribution in [0.3, 0.4) is 0 Å². The minimum Gasteiger partial charge on any atom is -0.383 e. The molecule has 2 heterocycles. The predicted octanol–water partition coefficient (Wildman–Crippen LogP) is 2.07. The van der Waals surface area contributed by atoms with Crippen LogP contribution in [0.1, 0.15) is 30.0 Å². The molecule has 1 aromatic carbocycles. The number of nitrogens with zero attached hydrogens (tertiary/aromatic N) is 1. The van der Waals surface area contributed by atoms with Gasteiger partial charge >= 0.3 is 0 Å². The van der Waals surface area contributed by atoms with Crippen molar-refractivity contribution >= 4 is 5.91 Å². The van der Waals surface area contributed by atoms with Gasteiger partial charge in [-0.3, -0.25) is 9.78 Å². The zero-order valence-corrected chi connectivity index (χ0v) is 13.5. The Bertz CT molecular complexity index is 603. The number of hydrogen-bond donors (Lipinski definition) is 2. The molecule has 0 saturated carbocycles. The van der Waals surface area contributed by atoms with Gasteiger partial charge in [0.25, 0.3) is 0 Å². The highest BCUT2D eigenvalue weighted by atomic mass is 16.5. The number of benzene rings is 1. The number of carbonyl (C=O) groups excluding carboxylic acids is 1. The summed E-state index contributed by atoms with van der Waals surface area (Å²) in [6.07, 6.45) is 3.81. The molecule has 1 amide bonds. The highest BCUT2D eigenvalue weighted by molar-refractivity contribution is 5.81. The number of aliphatic hydroxyl groups excluding tert-OH is 1. The minimum atomic E-state index is -1.01. The third-order valence-electron chi connectivity index (χ3n) is 4.44. The van der Waals surface area contributed by atoms with Crippen LogP contribution in [0.4, 0.5) is 0 Å². The van der Waals surface area contributed by atoms with Crippen molar-refractivity contribution in [3.63, 3.8) is 0 Å². The fraction of sp³-hybridized carbons (Fsp3) is 0.368. The molecule has 2 N–H and O–H groups in total. The van der Waals surface area contributed by atoms with Gasteiger partial charge in [-0.15, -0.1) is 0 Å². The molecule has 1 fully saturated rings. The molecule has 1 saturated heterocycles. The Morgan fingerprint density at radius 3 is 2.38 bits per heavy atom. The number of nitrogens with one attached hydrogen (secondary N) is 1. The van der Waals surface area contributed by atoms with Crippen molar-refractivity contribution in [3.05, 3.63) is 66.0 Å². The number of hydrogen-bond acceptors (Lipinski definition) is 4. The van der Waals surface area contributed by atoms with Crippen LogP contribution >= 0.6 is 0 Å². The first-order chi connectivity index (χ1) is 11.8. The van der Waals surface area contributed by atoms with Gasteiger partial charge in [0.1, 0.15) is 6.10 Å². The molecule has 0 spiro atoms. The molecule has 5 nitrogen and oxygen atoms in total. The molecule has 24 heavy (non-hydrogen) atoms. The highest BCUT2D eigenvalue weighted by Gasteiger charge is 2.29. The topological polar surface area (TPSA) is 71.5 Å². The van der Waals surface area contributed by atoms with Crippen LogP contribution < -0.4 is 5.32 Å². The molecule has 5 heteroatoms. The second kappa shape index (κ2) is 8.04. The van der Waals surface area contributed by atoms with Crippen molar-refractivity contribution in [3.8, 4) is 0 Å². The summed E-state index contributed by atoms with van der Waals surface area (Å²) < 4.78 is 5.30. The first-order valence-electron chi connectivity index (χ1n) is 8.27. The molecule has 1 aliphatic heterocycles. The summed E-state index contributed by atoms with van der Waals surface area (Å²) in [7, 11) is 0. The fourth-order valence-electron chi connectivity index (χ4n) is 3.03. The summed E-state index contributed by atoms with van der Waals surface area (Å²) in [5, 5.41) is 13.4. The van der Waals surface area contributed by atoms with Crippen LogP contribution in [0.5, 0.6) is 0 Å². The van der Waals surface area contributed by atoms with Crippen LogP contribution in [0, 0.1) is 5.92 Å². The zero-order chi connectivity index (χ0) is 16.8. The summed E-state index contributed by atoms with van der Waals surface area (Å²) >= 11 is 0. The molecule has 2 atom stereocenters. The van der Waals surface area contributed by atoms with Gasteiger partial charge in [0.05, 0.1) is 6.04 Å². The van der Waals surface area contributed by atoms with Crippen molar-refractivity contribution in [1.29, 1.82) is 0 Å². The number of rotatable bonds is 5.